The molecule has 0 fully saturated rings. The minimum absolute atomic E-state index is 0.324. The lowest BCUT2D eigenvalue weighted by Crippen LogP contribution is -2.10. The molecule has 0 saturated heterocycles. The predicted octanol–water partition coefficient (Wildman–Crippen LogP) is 2.52. The second-order valence-corrected chi connectivity index (χ2v) is 5.35. The van der Waals surface area contributed by atoms with E-state index in [1.165, 1.54) is 11.3 Å². The predicted molar refractivity (Wildman–Crippen MR) is 78.8 cm³/mol. The Morgan fingerprint density at radius 3 is 3.05 bits per heavy atom. The van der Waals surface area contributed by atoms with E-state index in [4.69, 9.17) is 0 Å². The van der Waals surface area contributed by atoms with Crippen LogP contribution in [-0.2, 0) is 18.3 Å². The zero-order chi connectivity index (χ0) is 13.9. The number of anilines is 1. The zero-order valence-corrected chi connectivity index (χ0v) is 11.7. The van der Waals surface area contributed by atoms with Gasteiger partial charge in [0.15, 0.2) is 0 Å². The number of aromatic nitrogens is 2. The maximum atomic E-state index is 12.2. The Bertz CT molecular complexity index is 618. The van der Waals surface area contributed by atoms with Crippen molar-refractivity contribution in [1.82, 2.24) is 9.78 Å². The van der Waals surface area contributed by atoms with Crippen LogP contribution in [0.4, 0.5) is 5.69 Å². The van der Waals surface area contributed by atoms with Gasteiger partial charge in [0.05, 0.1) is 0 Å². The average Bonchev–Trinajstić information content (AvgIpc) is 3.04. The molecule has 0 saturated carbocycles. The van der Waals surface area contributed by atoms with Crippen molar-refractivity contribution < 1.29 is 4.79 Å². The topological polar surface area (TPSA) is 46.9 Å². The lowest BCUT2D eigenvalue weighted by Gasteiger charge is -2.09. The standard InChI is InChI=1S/C16H19N3O/c1-19-13(8-9-18-19)6-7-14(20)10-12-11-17-16-5-3-2-4-15(12)16/h2-5,8-9,12,17H,6-7,10-11H2,1H3. The molecule has 1 aliphatic rings. The molecule has 20 heavy (non-hydrogen) atoms. The van der Waals surface area contributed by atoms with E-state index in [9.17, 15) is 4.79 Å². The maximum absolute atomic E-state index is 12.2. The summed E-state index contributed by atoms with van der Waals surface area (Å²) < 4.78 is 1.83. The molecule has 4 nitrogen and oxygen atoms in total. The molecular weight excluding hydrogens is 250 g/mol. The molecule has 4 heteroatoms. The maximum Gasteiger partial charge on any atom is 0.133 e. The molecule has 1 atom stereocenters. The largest absolute Gasteiger partial charge is 0.384 e. The van der Waals surface area contributed by atoms with Crippen LogP contribution >= 0.6 is 0 Å². The van der Waals surface area contributed by atoms with Gasteiger partial charge in [-0.1, -0.05) is 18.2 Å². The van der Waals surface area contributed by atoms with Crippen LogP contribution in [-0.4, -0.2) is 22.1 Å². The number of hydrogen-bond acceptors (Lipinski definition) is 3. The molecule has 1 aromatic heterocycles. The van der Waals surface area contributed by atoms with Crippen LogP contribution in [0.15, 0.2) is 36.5 Å². The van der Waals surface area contributed by atoms with Crippen molar-refractivity contribution in [2.45, 2.75) is 25.2 Å². The Labute approximate surface area is 118 Å². The molecule has 1 N–H and O–H groups in total. The number of rotatable bonds is 5. The fourth-order valence-electron chi connectivity index (χ4n) is 2.83. The van der Waals surface area contributed by atoms with Gasteiger partial charge in [-0.2, -0.15) is 5.10 Å². The van der Waals surface area contributed by atoms with Gasteiger partial charge in [-0.25, -0.2) is 0 Å². The van der Waals surface area contributed by atoms with Crippen molar-refractivity contribution in [3.05, 3.63) is 47.8 Å². The Kier molecular flexibility index (Phi) is 3.54. The third-order valence-corrected chi connectivity index (χ3v) is 4.00. The van der Waals surface area contributed by atoms with E-state index in [2.05, 4.69) is 22.5 Å². The molecule has 0 amide bonds. The van der Waals surface area contributed by atoms with E-state index in [1.54, 1.807) is 6.20 Å². The number of carbonyl (C=O) groups excluding carboxylic acids is 1. The number of benzene rings is 1. The molecular formula is C16H19N3O. The molecule has 2 aromatic rings. The molecule has 1 aromatic carbocycles. The van der Waals surface area contributed by atoms with Crippen molar-refractivity contribution in [2.75, 3.05) is 11.9 Å². The van der Waals surface area contributed by atoms with E-state index in [0.717, 1.165) is 18.7 Å². The number of carbonyl (C=O) groups is 1. The smallest absolute Gasteiger partial charge is 0.133 e. The molecule has 2 heterocycles. The highest BCUT2D eigenvalue weighted by molar-refractivity contribution is 5.80. The first-order valence-electron chi connectivity index (χ1n) is 7.05. The highest BCUT2D eigenvalue weighted by Crippen LogP contribution is 2.33. The van der Waals surface area contributed by atoms with Gasteiger partial charge in [-0.05, 0) is 24.1 Å². The average molecular weight is 269 g/mol. The number of aryl methyl sites for hydroxylation is 2. The minimum atomic E-state index is 0.324. The third-order valence-electron chi connectivity index (χ3n) is 4.00. The number of nitrogens with zero attached hydrogens (tertiary/aromatic N) is 2. The van der Waals surface area contributed by atoms with Gasteiger partial charge in [0, 0.05) is 49.9 Å². The Balaban J connectivity index is 1.57. The number of Topliss-reactive ketones (excluding diaryl/α,β-unsaturated/α-hetero) is 1. The number of para-hydroxylation sites is 1. The summed E-state index contributed by atoms with van der Waals surface area (Å²) in [4.78, 5) is 12.2. The van der Waals surface area contributed by atoms with E-state index in [-0.39, 0.29) is 0 Å². The van der Waals surface area contributed by atoms with Crippen LogP contribution in [0.1, 0.15) is 30.0 Å². The van der Waals surface area contributed by atoms with Gasteiger partial charge in [0.1, 0.15) is 5.78 Å². The van der Waals surface area contributed by atoms with E-state index in [0.29, 0.717) is 24.5 Å². The van der Waals surface area contributed by atoms with Crippen LogP contribution in [0.25, 0.3) is 0 Å². The summed E-state index contributed by atoms with van der Waals surface area (Å²) in [5, 5.41) is 7.49. The number of fused-ring (bicyclic) bond motifs is 1. The normalized spacial score (nSPS) is 16.8. The van der Waals surface area contributed by atoms with Gasteiger partial charge in [0.25, 0.3) is 0 Å². The Morgan fingerprint density at radius 1 is 1.40 bits per heavy atom. The van der Waals surface area contributed by atoms with Crippen molar-refractivity contribution >= 4 is 11.5 Å². The van der Waals surface area contributed by atoms with Crippen LogP contribution in [0.3, 0.4) is 0 Å². The van der Waals surface area contributed by atoms with Crippen molar-refractivity contribution in [2.24, 2.45) is 7.05 Å². The van der Waals surface area contributed by atoms with Crippen molar-refractivity contribution in [3.8, 4) is 0 Å². The third kappa shape index (κ3) is 2.59. The molecule has 3 rings (SSSR count). The fourth-order valence-corrected chi connectivity index (χ4v) is 2.83. The summed E-state index contributed by atoms with van der Waals surface area (Å²) in [6.07, 6.45) is 3.77. The van der Waals surface area contributed by atoms with E-state index in [1.807, 2.05) is 29.9 Å². The molecule has 0 radical (unpaired) electrons. The summed E-state index contributed by atoms with van der Waals surface area (Å²) >= 11 is 0. The highest BCUT2D eigenvalue weighted by atomic mass is 16.1. The SMILES string of the molecule is Cn1nccc1CCC(=O)CC1CNc2ccccc21. The quantitative estimate of drug-likeness (QED) is 0.907. The number of ketones is 1. The van der Waals surface area contributed by atoms with Crippen LogP contribution in [0.5, 0.6) is 0 Å². The van der Waals surface area contributed by atoms with Crippen LogP contribution in [0, 0.1) is 0 Å². The van der Waals surface area contributed by atoms with Crippen molar-refractivity contribution in [3.63, 3.8) is 0 Å². The molecule has 1 unspecified atom stereocenters. The molecule has 104 valence electrons. The molecule has 0 spiro atoms. The van der Waals surface area contributed by atoms with Crippen LogP contribution in [0.2, 0.25) is 0 Å². The summed E-state index contributed by atoms with van der Waals surface area (Å²) in [5.74, 6) is 0.653. The molecule has 0 aliphatic carbocycles. The summed E-state index contributed by atoms with van der Waals surface area (Å²) in [7, 11) is 1.91. The van der Waals surface area contributed by atoms with Gasteiger partial charge in [0.2, 0.25) is 0 Å². The molecule has 0 bridgehead atoms. The fraction of sp³-hybridized carbons (Fsp3) is 0.375. The summed E-state index contributed by atoms with van der Waals surface area (Å²) in [6.45, 7) is 0.872. The Hall–Kier alpha value is -2.10. The molecule has 1 aliphatic heterocycles. The lowest BCUT2D eigenvalue weighted by atomic mass is 9.94. The van der Waals surface area contributed by atoms with Crippen LogP contribution < -0.4 is 5.32 Å². The second kappa shape index (κ2) is 5.49. The second-order valence-electron chi connectivity index (χ2n) is 5.35. The van der Waals surface area contributed by atoms with Crippen molar-refractivity contribution in [1.29, 1.82) is 0 Å². The van der Waals surface area contributed by atoms with E-state index >= 15 is 0 Å². The van der Waals surface area contributed by atoms with Gasteiger partial charge in [-0.3, -0.25) is 9.48 Å². The van der Waals surface area contributed by atoms with Gasteiger partial charge < -0.3 is 5.32 Å². The first-order chi connectivity index (χ1) is 9.74. The Morgan fingerprint density at radius 2 is 2.25 bits per heavy atom. The number of nitrogens with one attached hydrogen (secondary N) is 1. The first-order valence-corrected chi connectivity index (χ1v) is 7.05. The monoisotopic (exact) mass is 269 g/mol. The highest BCUT2D eigenvalue weighted by Gasteiger charge is 2.23. The summed E-state index contributed by atoms with van der Waals surface area (Å²) in [6, 6.07) is 10.2. The van der Waals surface area contributed by atoms with E-state index < -0.39 is 0 Å². The summed E-state index contributed by atoms with van der Waals surface area (Å²) in [5.41, 5.74) is 3.57. The minimum Gasteiger partial charge on any atom is -0.384 e. The first kappa shape index (κ1) is 12.9. The zero-order valence-electron chi connectivity index (χ0n) is 11.7. The number of hydrogen-bond donors (Lipinski definition) is 1. The lowest BCUT2D eigenvalue weighted by molar-refractivity contribution is -0.119. The van der Waals surface area contributed by atoms with Gasteiger partial charge >= 0.3 is 0 Å². The van der Waals surface area contributed by atoms with Gasteiger partial charge in [-0.15, -0.1) is 0 Å².